The Morgan fingerprint density at radius 1 is 1.11 bits per heavy atom. The zero-order chi connectivity index (χ0) is 25.4. The van der Waals surface area contributed by atoms with E-state index in [9.17, 15) is 14.4 Å². The van der Waals surface area contributed by atoms with Crippen LogP contribution in [0.1, 0.15) is 73.3 Å². The van der Waals surface area contributed by atoms with Crippen LogP contribution in [0.25, 0.3) is 10.9 Å². The summed E-state index contributed by atoms with van der Waals surface area (Å²) in [6.07, 6.45) is 3.02. The van der Waals surface area contributed by atoms with Gasteiger partial charge in [0.15, 0.2) is 0 Å². The number of hydrogen-bond acceptors (Lipinski definition) is 3. The molecule has 0 saturated heterocycles. The van der Waals surface area contributed by atoms with E-state index in [2.05, 4.69) is 28.6 Å². The molecule has 188 valence electrons. The van der Waals surface area contributed by atoms with Crippen molar-refractivity contribution in [2.75, 3.05) is 6.54 Å². The van der Waals surface area contributed by atoms with E-state index < -0.39 is 12.1 Å². The Bertz CT molecular complexity index is 1310. The van der Waals surface area contributed by atoms with Gasteiger partial charge in [-0.15, -0.1) is 0 Å². The van der Waals surface area contributed by atoms with Crippen molar-refractivity contribution in [2.45, 2.75) is 64.6 Å². The number of nitrogens with zero attached hydrogens (tertiary/aromatic N) is 1. The zero-order valence-electron chi connectivity index (χ0n) is 21.1. The van der Waals surface area contributed by atoms with Gasteiger partial charge in [0.25, 0.3) is 5.91 Å². The molecule has 2 aromatic carbocycles. The van der Waals surface area contributed by atoms with E-state index in [1.807, 2.05) is 56.3 Å². The van der Waals surface area contributed by atoms with Crippen molar-refractivity contribution < 1.29 is 14.4 Å². The lowest BCUT2D eigenvalue weighted by Gasteiger charge is -2.38. The second-order valence-corrected chi connectivity index (χ2v) is 10.0. The van der Waals surface area contributed by atoms with E-state index >= 15 is 0 Å². The highest BCUT2D eigenvalue weighted by molar-refractivity contribution is 6.04. The fraction of sp³-hybridized carbons (Fsp3) is 0.414. The Kier molecular flexibility index (Phi) is 6.56. The van der Waals surface area contributed by atoms with Crippen LogP contribution in [0.4, 0.5) is 0 Å². The first-order valence-electron chi connectivity index (χ1n) is 13.0. The van der Waals surface area contributed by atoms with E-state index in [0.717, 1.165) is 47.0 Å². The third-order valence-corrected chi connectivity index (χ3v) is 7.78. The molecule has 0 aliphatic carbocycles. The zero-order valence-corrected chi connectivity index (χ0v) is 21.1. The molecule has 7 nitrogen and oxygen atoms in total. The van der Waals surface area contributed by atoms with E-state index in [-0.39, 0.29) is 29.7 Å². The van der Waals surface area contributed by atoms with E-state index in [1.54, 1.807) is 4.90 Å². The van der Waals surface area contributed by atoms with Crippen LogP contribution in [-0.2, 0) is 16.0 Å². The molecule has 7 heteroatoms. The predicted molar refractivity (Wildman–Crippen MR) is 140 cm³/mol. The minimum atomic E-state index is -0.711. The molecule has 0 saturated carbocycles. The first-order valence-corrected chi connectivity index (χ1v) is 13.0. The van der Waals surface area contributed by atoms with Crippen LogP contribution in [0.2, 0.25) is 0 Å². The molecule has 4 atom stereocenters. The second kappa shape index (κ2) is 9.80. The summed E-state index contributed by atoms with van der Waals surface area (Å²) in [7, 11) is 0. The Labute approximate surface area is 211 Å². The minimum absolute atomic E-state index is 0.0370. The van der Waals surface area contributed by atoms with Gasteiger partial charge in [-0.1, -0.05) is 70.0 Å². The number of unbranched alkanes of at least 4 members (excludes halogenated alkanes) is 1. The molecular formula is C29H34N4O3. The van der Waals surface area contributed by atoms with Crippen molar-refractivity contribution in [1.82, 2.24) is 20.5 Å². The Balaban J connectivity index is 1.52. The quantitative estimate of drug-likeness (QED) is 0.419. The average Bonchev–Trinajstić information content (AvgIpc) is 3.42. The first-order chi connectivity index (χ1) is 17.5. The van der Waals surface area contributed by atoms with Crippen molar-refractivity contribution in [1.29, 1.82) is 0 Å². The standard InChI is InChI=1S/C29H34N4O3/c1-4-6-15-30-28(35)24(17(3)5-2)32-27(34)23-16-21-18-11-9-10-14-22(18)31-25(21)26-19-12-7-8-13-20(19)29(36)33(23)26/h7-14,17,23-24,26,31H,4-6,15-16H2,1-3H3,(H,30,35)(H,32,34)/t17-,23-,24-,26+/m0/s1. The number of carbonyl (C=O) groups is 3. The number of para-hydroxylation sites is 1. The molecular weight excluding hydrogens is 452 g/mol. The third-order valence-electron chi connectivity index (χ3n) is 7.78. The van der Waals surface area contributed by atoms with Crippen molar-refractivity contribution >= 4 is 28.6 Å². The summed E-state index contributed by atoms with van der Waals surface area (Å²) in [5.74, 6) is -0.631. The third kappa shape index (κ3) is 3.96. The van der Waals surface area contributed by atoms with Crippen LogP contribution in [-0.4, -0.2) is 46.2 Å². The smallest absolute Gasteiger partial charge is 0.255 e. The van der Waals surface area contributed by atoms with Gasteiger partial charge < -0.3 is 20.5 Å². The number of hydrogen-bond donors (Lipinski definition) is 3. The maximum atomic E-state index is 13.9. The van der Waals surface area contributed by atoms with E-state index in [0.29, 0.717) is 18.5 Å². The van der Waals surface area contributed by atoms with Gasteiger partial charge in [0.05, 0.1) is 6.04 Å². The van der Waals surface area contributed by atoms with Crippen molar-refractivity contribution in [2.24, 2.45) is 5.92 Å². The summed E-state index contributed by atoms with van der Waals surface area (Å²) >= 11 is 0. The first kappa shape index (κ1) is 24.1. The highest BCUT2D eigenvalue weighted by Crippen LogP contribution is 2.46. The van der Waals surface area contributed by atoms with Gasteiger partial charge in [0.1, 0.15) is 12.1 Å². The fourth-order valence-corrected chi connectivity index (χ4v) is 5.59. The number of benzene rings is 2. The molecule has 0 radical (unpaired) electrons. The number of fused-ring (bicyclic) bond motifs is 7. The summed E-state index contributed by atoms with van der Waals surface area (Å²) in [4.78, 5) is 45.8. The Morgan fingerprint density at radius 3 is 2.64 bits per heavy atom. The molecule has 3 amide bonds. The number of amides is 3. The molecule has 2 aliphatic rings. The number of nitrogens with one attached hydrogen (secondary N) is 3. The maximum absolute atomic E-state index is 13.9. The molecule has 3 aromatic rings. The summed E-state index contributed by atoms with van der Waals surface area (Å²) < 4.78 is 0. The lowest BCUT2D eigenvalue weighted by molar-refractivity contribution is -0.133. The highest BCUT2D eigenvalue weighted by atomic mass is 16.2. The summed E-state index contributed by atoms with van der Waals surface area (Å²) in [5, 5.41) is 7.08. The number of carbonyl (C=O) groups excluding carboxylic acids is 3. The van der Waals surface area contributed by atoms with Gasteiger partial charge in [-0.2, -0.15) is 0 Å². The molecule has 3 heterocycles. The van der Waals surface area contributed by atoms with Gasteiger partial charge in [-0.3, -0.25) is 14.4 Å². The van der Waals surface area contributed by atoms with Crippen LogP contribution in [0, 0.1) is 5.92 Å². The molecule has 3 N–H and O–H groups in total. The molecule has 0 unspecified atom stereocenters. The molecule has 0 spiro atoms. The van der Waals surface area contributed by atoms with Crippen molar-refractivity contribution in [3.63, 3.8) is 0 Å². The van der Waals surface area contributed by atoms with Gasteiger partial charge in [-0.25, -0.2) is 0 Å². The van der Waals surface area contributed by atoms with Crippen LogP contribution in [0.15, 0.2) is 48.5 Å². The van der Waals surface area contributed by atoms with Crippen LogP contribution in [0.3, 0.4) is 0 Å². The normalized spacial score (nSPS) is 19.9. The molecule has 0 fully saturated rings. The van der Waals surface area contributed by atoms with Crippen LogP contribution < -0.4 is 10.6 Å². The average molecular weight is 487 g/mol. The summed E-state index contributed by atoms with van der Waals surface area (Å²) in [5.41, 5.74) is 4.55. The molecule has 36 heavy (non-hydrogen) atoms. The van der Waals surface area contributed by atoms with Gasteiger partial charge in [0.2, 0.25) is 11.8 Å². The van der Waals surface area contributed by atoms with Crippen molar-refractivity contribution in [3.05, 3.63) is 70.9 Å². The molecule has 1 aromatic heterocycles. The largest absolute Gasteiger partial charge is 0.356 e. The van der Waals surface area contributed by atoms with Crippen LogP contribution in [0.5, 0.6) is 0 Å². The van der Waals surface area contributed by atoms with Gasteiger partial charge in [0, 0.05) is 35.1 Å². The predicted octanol–water partition coefficient (Wildman–Crippen LogP) is 4.09. The van der Waals surface area contributed by atoms with Crippen molar-refractivity contribution in [3.8, 4) is 0 Å². The SMILES string of the molecule is CCCCNC(=O)[C@@H](NC(=O)[C@@H]1Cc2c([nH]c3ccccc23)[C@H]2c3ccccc3C(=O)N21)[C@@H](C)CC. The lowest BCUT2D eigenvalue weighted by atomic mass is 9.89. The summed E-state index contributed by atoms with van der Waals surface area (Å²) in [6, 6.07) is 13.9. The number of H-pyrrole nitrogens is 1. The summed E-state index contributed by atoms with van der Waals surface area (Å²) in [6.45, 7) is 6.65. The maximum Gasteiger partial charge on any atom is 0.255 e. The molecule has 0 bridgehead atoms. The van der Waals surface area contributed by atoms with Gasteiger partial charge in [-0.05, 0) is 35.6 Å². The van der Waals surface area contributed by atoms with E-state index in [1.165, 1.54) is 0 Å². The fourth-order valence-electron chi connectivity index (χ4n) is 5.59. The Morgan fingerprint density at radius 2 is 1.86 bits per heavy atom. The topological polar surface area (TPSA) is 94.3 Å². The highest BCUT2D eigenvalue weighted by Gasteiger charge is 2.49. The second-order valence-electron chi connectivity index (χ2n) is 10.0. The number of aromatic amines is 1. The van der Waals surface area contributed by atoms with Gasteiger partial charge >= 0.3 is 0 Å². The molecule has 2 aliphatic heterocycles. The minimum Gasteiger partial charge on any atom is -0.356 e. The van der Waals surface area contributed by atoms with Crippen LogP contribution >= 0.6 is 0 Å². The lowest BCUT2D eigenvalue weighted by Crippen LogP contribution is -2.58. The molecule has 5 rings (SSSR count). The number of rotatable bonds is 8. The van der Waals surface area contributed by atoms with E-state index in [4.69, 9.17) is 0 Å². The number of aromatic nitrogens is 1. The monoisotopic (exact) mass is 486 g/mol. The Hall–Kier alpha value is -3.61.